The fraction of sp³-hybridized carbons (Fsp3) is 0.222. The van der Waals surface area contributed by atoms with Crippen molar-refractivity contribution in [1.29, 1.82) is 0 Å². The van der Waals surface area contributed by atoms with Gasteiger partial charge in [0.05, 0.1) is 22.1 Å². The molecule has 0 aromatic heterocycles. The van der Waals surface area contributed by atoms with Crippen molar-refractivity contribution in [2.24, 2.45) is 0 Å². The molecule has 3 rings (SSSR count). The summed E-state index contributed by atoms with van der Waals surface area (Å²) < 4.78 is 25.5. The van der Waals surface area contributed by atoms with Gasteiger partial charge in [0, 0.05) is 0 Å². The molecular formula is C18H16Cl2O3S. The van der Waals surface area contributed by atoms with Crippen molar-refractivity contribution in [3.63, 3.8) is 0 Å². The van der Waals surface area contributed by atoms with Crippen LogP contribution in [-0.4, -0.2) is 15.9 Å². The van der Waals surface area contributed by atoms with Crippen molar-refractivity contribution >= 4 is 45.4 Å². The molecule has 0 heterocycles. The molecule has 126 valence electrons. The summed E-state index contributed by atoms with van der Waals surface area (Å²) in [6, 6.07) is 10.9. The molecule has 1 atom stereocenters. The van der Waals surface area contributed by atoms with Gasteiger partial charge >= 0.3 is 0 Å². The second-order valence-electron chi connectivity index (χ2n) is 5.56. The van der Waals surface area contributed by atoms with E-state index in [2.05, 4.69) is 0 Å². The van der Waals surface area contributed by atoms with E-state index in [1.807, 2.05) is 24.3 Å². The van der Waals surface area contributed by atoms with Crippen LogP contribution in [0.4, 0.5) is 0 Å². The molecule has 3 nitrogen and oxygen atoms in total. The van der Waals surface area contributed by atoms with Crippen LogP contribution in [0.5, 0.6) is 5.75 Å². The summed E-state index contributed by atoms with van der Waals surface area (Å²) >= 11 is 10.6. The van der Waals surface area contributed by atoms with Crippen LogP contribution in [0.1, 0.15) is 30.4 Å². The van der Waals surface area contributed by atoms with Crippen LogP contribution in [0.2, 0.25) is 10.0 Å². The highest BCUT2D eigenvalue weighted by atomic mass is 35.5. The average Bonchev–Trinajstić information content (AvgIpc) is 3.04. The van der Waals surface area contributed by atoms with E-state index in [4.69, 9.17) is 32.5 Å². The van der Waals surface area contributed by atoms with Gasteiger partial charge in [0.25, 0.3) is 0 Å². The zero-order chi connectivity index (χ0) is 17.3. The second kappa shape index (κ2) is 7.28. The second-order valence-corrected chi connectivity index (χ2v) is 7.34. The molecule has 0 aliphatic heterocycles. The van der Waals surface area contributed by atoms with E-state index in [1.54, 1.807) is 19.2 Å². The van der Waals surface area contributed by atoms with E-state index in [9.17, 15) is 4.21 Å². The number of methoxy groups -OCH3 is 1. The first-order chi connectivity index (χ1) is 11.5. The van der Waals surface area contributed by atoms with Crippen LogP contribution >= 0.6 is 23.2 Å². The van der Waals surface area contributed by atoms with Crippen molar-refractivity contribution < 1.29 is 13.5 Å². The Labute approximate surface area is 153 Å². The Bertz CT molecular complexity index is 806. The van der Waals surface area contributed by atoms with Crippen molar-refractivity contribution in [2.45, 2.75) is 24.2 Å². The van der Waals surface area contributed by atoms with Crippen LogP contribution in [0.3, 0.4) is 0 Å². The minimum absolute atomic E-state index is 0.398. The summed E-state index contributed by atoms with van der Waals surface area (Å²) in [6.07, 6.45) is 2.96. The molecule has 0 fully saturated rings. The Hall–Kier alpha value is -1.33. The number of hydrogen-bond donors (Lipinski definition) is 1. The van der Waals surface area contributed by atoms with Crippen molar-refractivity contribution in [2.75, 3.05) is 7.11 Å². The van der Waals surface area contributed by atoms with Gasteiger partial charge in [0.15, 0.2) is 16.8 Å². The van der Waals surface area contributed by atoms with Gasteiger partial charge in [-0.3, -0.25) is 0 Å². The lowest BCUT2D eigenvalue weighted by atomic mass is 9.97. The summed E-state index contributed by atoms with van der Waals surface area (Å²) in [5.74, 6) is 0.483. The molecule has 1 N–H and O–H groups in total. The maximum absolute atomic E-state index is 11.1. The van der Waals surface area contributed by atoms with Gasteiger partial charge in [0.2, 0.25) is 0 Å². The third-order valence-corrected chi connectivity index (χ3v) is 5.41. The summed E-state index contributed by atoms with van der Waals surface area (Å²) in [7, 11) is 1.54. The Morgan fingerprint density at radius 2 is 1.54 bits per heavy atom. The van der Waals surface area contributed by atoms with E-state index >= 15 is 0 Å². The number of ether oxygens (including phenoxy) is 1. The molecule has 1 unspecified atom stereocenters. The Morgan fingerprint density at radius 3 is 2.04 bits per heavy atom. The van der Waals surface area contributed by atoms with Gasteiger partial charge in [-0.25, -0.2) is 4.21 Å². The first kappa shape index (κ1) is 17.5. The fourth-order valence-corrected chi connectivity index (χ4v) is 4.09. The van der Waals surface area contributed by atoms with Gasteiger partial charge < -0.3 is 9.29 Å². The average molecular weight is 383 g/mol. The van der Waals surface area contributed by atoms with E-state index in [-0.39, 0.29) is 0 Å². The Balaban J connectivity index is 2.05. The molecule has 0 saturated carbocycles. The molecule has 6 heteroatoms. The standard InChI is InChI=1S/C18H16Cl2O3S/c1-23-18-16(19)9-12(10-17(18)20)15-4-2-3-14(15)11-5-7-13(8-6-11)24(21)22/h5-10H,2-4H2,1H3,(H,21,22). The predicted molar refractivity (Wildman–Crippen MR) is 99.2 cm³/mol. The van der Waals surface area contributed by atoms with Crippen LogP contribution in [-0.2, 0) is 11.1 Å². The smallest absolute Gasteiger partial charge is 0.186 e. The van der Waals surface area contributed by atoms with E-state index in [1.165, 1.54) is 11.1 Å². The zero-order valence-corrected chi connectivity index (χ0v) is 15.3. The van der Waals surface area contributed by atoms with Gasteiger partial charge in [0.1, 0.15) is 0 Å². The van der Waals surface area contributed by atoms with Crippen LogP contribution in [0.25, 0.3) is 11.1 Å². The minimum Gasteiger partial charge on any atom is -0.494 e. The number of allylic oxidation sites excluding steroid dienone is 2. The molecule has 0 amide bonds. The number of halogens is 2. The van der Waals surface area contributed by atoms with E-state index in [0.29, 0.717) is 20.7 Å². The zero-order valence-electron chi connectivity index (χ0n) is 13.0. The van der Waals surface area contributed by atoms with Crippen LogP contribution in [0.15, 0.2) is 41.3 Å². The van der Waals surface area contributed by atoms with Crippen LogP contribution < -0.4 is 4.74 Å². The molecule has 0 spiro atoms. The minimum atomic E-state index is -1.96. The molecular weight excluding hydrogens is 367 g/mol. The summed E-state index contributed by atoms with van der Waals surface area (Å²) in [5.41, 5.74) is 4.48. The SMILES string of the molecule is COc1c(Cl)cc(C2=C(c3ccc(S(=O)O)cc3)CCC2)cc1Cl. The molecule has 0 bridgehead atoms. The topological polar surface area (TPSA) is 46.5 Å². The first-order valence-electron chi connectivity index (χ1n) is 7.48. The lowest BCUT2D eigenvalue weighted by Crippen LogP contribution is -1.92. The summed E-state index contributed by atoms with van der Waals surface area (Å²) in [6.45, 7) is 0. The third kappa shape index (κ3) is 3.38. The van der Waals surface area contributed by atoms with Gasteiger partial charge in [-0.2, -0.15) is 0 Å². The summed E-state index contributed by atoms with van der Waals surface area (Å²) in [4.78, 5) is 0.398. The van der Waals surface area contributed by atoms with Gasteiger partial charge in [-0.05, 0) is 65.8 Å². The van der Waals surface area contributed by atoms with Crippen molar-refractivity contribution in [1.82, 2.24) is 0 Å². The van der Waals surface area contributed by atoms with Crippen molar-refractivity contribution in [3.8, 4) is 5.75 Å². The Kier molecular flexibility index (Phi) is 5.30. The number of hydrogen-bond acceptors (Lipinski definition) is 2. The number of benzene rings is 2. The van der Waals surface area contributed by atoms with E-state index in [0.717, 1.165) is 30.4 Å². The highest BCUT2D eigenvalue weighted by Crippen LogP contribution is 2.43. The fourth-order valence-electron chi connectivity index (χ4n) is 3.08. The highest BCUT2D eigenvalue weighted by Gasteiger charge is 2.20. The normalized spacial score (nSPS) is 15.7. The summed E-state index contributed by atoms with van der Waals surface area (Å²) in [5, 5.41) is 0.981. The van der Waals surface area contributed by atoms with Crippen LogP contribution in [0, 0.1) is 0 Å². The largest absolute Gasteiger partial charge is 0.494 e. The van der Waals surface area contributed by atoms with E-state index < -0.39 is 11.1 Å². The number of rotatable bonds is 4. The quantitative estimate of drug-likeness (QED) is 0.692. The molecule has 2 aromatic carbocycles. The molecule has 24 heavy (non-hydrogen) atoms. The molecule has 1 aliphatic carbocycles. The first-order valence-corrected chi connectivity index (χ1v) is 9.34. The maximum Gasteiger partial charge on any atom is 0.186 e. The predicted octanol–water partition coefficient (Wildman–Crippen LogP) is 5.68. The molecule has 0 radical (unpaired) electrons. The lowest BCUT2D eigenvalue weighted by Gasteiger charge is -2.12. The van der Waals surface area contributed by atoms with Gasteiger partial charge in [-0.15, -0.1) is 0 Å². The molecule has 2 aromatic rings. The highest BCUT2D eigenvalue weighted by molar-refractivity contribution is 7.79. The lowest BCUT2D eigenvalue weighted by molar-refractivity contribution is 0.415. The maximum atomic E-state index is 11.1. The molecule has 0 saturated heterocycles. The third-order valence-electron chi connectivity index (χ3n) is 4.17. The molecule has 1 aliphatic rings. The van der Waals surface area contributed by atoms with Gasteiger partial charge in [-0.1, -0.05) is 35.3 Å². The Morgan fingerprint density at radius 1 is 1.00 bits per heavy atom. The van der Waals surface area contributed by atoms with Crippen molar-refractivity contribution in [3.05, 3.63) is 57.6 Å². The monoisotopic (exact) mass is 382 g/mol.